The molecular formula is C22H22FNO2S. The third kappa shape index (κ3) is 5.17. The summed E-state index contributed by atoms with van der Waals surface area (Å²) in [4.78, 5) is 15.9. The van der Waals surface area contributed by atoms with E-state index in [1.807, 2.05) is 29.6 Å². The van der Waals surface area contributed by atoms with Crippen LogP contribution in [0.2, 0.25) is 0 Å². The molecule has 0 radical (unpaired) electrons. The maximum atomic E-state index is 13.3. The largest absolute Gasteiger partial charge is 0.493 e. The minimum Gasteiger partial charge on any atom is -0.493 e. The highest BCUT2D eigenvalue weighted by atomic mass is 32.1. The zero-order valence-electron chi connectivity index (χ0n) is 15.4. The molecule has 3 rings (SSSR count). The summed E-state index contributed by atoms with van der Waals surface area (Å²) >= 11 is 1.59. The molecule has 3 nitrogen and oxygen atoms in total. The second-order valence-corrected chi connectivity index (χ2v) is 7.71. The van der Waals surface area contributed by atoms with Crippen LogP contribution >= 0.6 is 11.3 Å². The Hall–Kier alpha value is -2.66. The van der Waals surface area contributed by atoms with Gasteiger partial charge in [-0.15, -0.1) is 11.3 Å². The molecule has 1 amide bonds. The van der Waals surface area contributed by atoms with Gasteiger partial charge in [0.1, 0.15) is 11.6 Å². The number of carbonyl (C=O) groups excluding carboxylic acids is 1. The van der Waals surface area contributed by atoms with E-state index in [0.29, 0.717) is 30.3 Å². The molecule has 0 saturated heterocycles. The van der Waals surface area contributed by atoms with Crippen LogP contribution < -0.4 is 9.64 Å². The Morgan fingerprint density at radius 2 is 1.78 bits per heavy atom. The summed E-state index contributed by atoms with van der Waals surface area (Å²) in [7, 11) is 0. The van der Waals surface area contributed by atoms with Gasteiger partial charge in [-0.3, -0.25) is 4.79 Å². The number of anilines is 1. The molecule has 1 aromatic heterocycles. The van der Waals surface area contributed by atoms with E-state index in [2.05, 4.69) is 13.8 Å². The van der Waals surface area contributed by atoms with Crippen molar-refractivity contribution in [3.05, 3.63) is 82.3 Å². The molecule has 0 aliphatic rings. The number of carbonyl (C=O) groups is 1. The summed E-state index contributed by atoms with van der Waals surface area (Å²) < 4.78 is 19.0. The topological polar surface area (TPSA) is 29.5 Å². The van der Waals surface area contributed by atoms with Crippen molar-refractivity contribution in [1.29, 1.82) is 0 Å². The van der Waals surface area contributed by atoms with E-state index in [1.165, 1.54) is 12.1 Å². The predicted octanol–water partition coefficient (Wildman–Crippen LogP) is 5.77. The second-order valence-electron chi connectivity index (χ2n) is 6.68. The molecule has 1 heterocycles. The van der Waals surface area contributed by atoms with Crippen LogP contribution in [0.3, 0.4) is 0 Å². The van der Waals surface area contributed by atoms with Gasteiger partial charge in [0.2, 0.25) is 0 Å². The number of hydrogen-bond acceptors (Lipinski definition) is 3. The molecule has 0 N–H and O–H groups in total. The van der Waals surface area contributed by atoms with Crippen LogP contribution in [-0.4, -0.2) is 12.5 Å². The summed E-state index contributed by atoms with van der Waals surface area (Å²) in [5.74, 6) is 0.720. The van der Waals surface area contributed by atoms with Gasteiger partial charge < -0.3 is 9.64 Å². The normalized spacial score (nSPS) is 10.8. The van der Waals surface area contributed by atoms with Gasteiger partial charge in [-0.05, 0) is 65.9 Å². The monoisotopic (exact) mass is 383 g/mol. The molecule has 0 atom stereocenters. The zero-order valence-corrected chi connectivity index (χ0v) is 16.2. The molecular weight excluding hydrogens is 361 g/mol. The van der Waals surface area contributed by atoms with Gasteiger partial charge in [0.25, 0.3) is 5.91 Å². The second kappa shape index (κ2) is 8.82. The molecule has 0 fully saturated rings. The molecule has 27 heavy (non-hydrogen) atoms. The van der Waals surface area contributed by atoms with Crippen LogP contribution in [0, 0.1) is 11.7 Å². The average molecular weight is 383 g/mol. The molecule has 0 unspecified atom stereocenters. The van der Waals surface area contributed by atoms with E-state index in [9.17, 15) is 9.18 Å². The van der Waals surface area contributed by atoms with Crippen LogP contribution in [0.25, 0.3) is 0 Å². The Morgan fingerprint density at radius 1 is 1.07 bits per heavy atom. The van der Waals surface area contributed by atoms with Gasteiger partial charge in [-0.2, -0.15) is 0 Å². The van der Waals surface area contributed by atoms with Crippen LogP contribution in [0.4, 0.5) is 10.1 Å². The Kier molecular flexibility index (Phi) is 6.24. The van der Waals surface area contributed by atoms with E-state index < -0.39 is 0 Å². The molecule has 0 aliphatic heterocycles. The Labute approximate surface area is 163 Å². The number of hydrogen-bond donors (Lipinski definition) is 0. The summed E-state index contributed by atoms with van der Waals surface area (Å²) in [5.41, 5.74) is 1.22. The van der Waals surface area contributed by atoms with Crippen molar-refractivity contribution in [3.63, 3.8) is 0 Å². The quantitative estimate of drug-likeness (QED) is 0.518. The Morgan fingerprint density at radius 3 is 2.37 bits per heavy atom. The lowest BCUT2D eigenvalue weighted by atomic mass is 10.1. The zero-order chi connectivity index (χ0) is 19.2. The first kappa shape index (κ1) is 19.1. The lowest BCUT2D eigenvalue weighted by Gasteiger charge is -2.22. The van der Waals surface area contributed by atoms with Crippen molar-refractivity contribution >= 4 is 22.9 Å². The van der Waals surface area contributed by atoms with E-state index >= 15 is 0 Å². The minimum absolute atomic E-state index is 0.134. The van der Waals surface area contributed by atoms with Gasteiger partial charge in [0.15, 0.2) is 0 Å². The van der Waals surface area contributed by atoms with Crippen molar-refractivity contribution in [3.8, 4) is 5.75 Å². The lowest BCUT2D eigenvalue weighted by Crippen LogP contribution is -2.30. The number of thiophene rings is 1. The Bertz CT molecular complexity index is 858. The van der Waals surface area contributed by atoms with Gasteiger partial charge in [-0.1, -0.05) is 19.9 Å². The molecule has 3 aromatic rings. The van der Waals surface area contributed by atoms with E-state index in [4.69, 9.17) is 4.74 Å². The van der Waals surface area contributed by atoms with Gasteiger partial charge in [0.05, 0.1) is 13.2 Å². The fraction of sp³-hybridized carbons (Fsp3) is 0.227. The third-order valence-corrected chi connectivity index (χ3v) is 4.82. The summed E-state index contributed by atoms with van der Waals surface area (Å²) in [5, 5.41) is 1.98. The molecule has 5 heteroatoms. The predicted molar refractivity (Wildman–Crippen MR) is 108 cm³/mol. The average Bonchev–Trinajstić information content (AvgIpc) is 3.18. The van der Waals surface area contributed by atoms with Gasteiger partial charge in [-0.25, -0.2) is 4.39 Å². The molecule has 0 saturated carbocycles. The summed E-state index contributed by atoms with van der Waals surface area (Å²) in [6.45, 7) is 5.24. The van der Waals surface area contributed by atoms with Crippen molar-refractivity contribution in [2.45, 2.75) is 20.4 Å². The Balaban J connectivity index is 1.82. The van der Waals surface area contributed by atoms with Crippen LogP contribution in [0.1, 0.15) is 29.1 Å². The fourth-order valence-electron chi connectivity index (χ4n) is 2.57. The number of ether oxygens (including phenoxy) is 1. The standard InChI is InChI=1S/C22H22FNO2S/c1-16(2)15-26-20-11-5-17(6-12-20)22(25)24(14-21-4-3-13-27-21)19-9-7-18(23)8-10-19/h3-13,16H,14-15H2,1-2H3. The maximum Gasteiger partial charge on any atom is 0.258 e. The maximum absolute atomic E-state index is 13.3. The molecule has 0 bridgehead atoms. The summed E-state index contributed by atoms with van der Waals surface area (Å²) in [6, 6.07) is 17.1. The number of amides is 1. The molecule has 2 aromatic carbocycles. The van der Waals surface area contributed by atoms with E-state index in [-0.39, 0.29) is 11.7 Å². The molecule has 0 spiro atoms. The SMILES string of the molecule is CC(C)COc1ccc(C(=O)N(Cc2cccs2)c2ccc(F)cc2)cc1. The smallest absolute Gasteiger partial charge is 0.258 e. The summed E-state index contributed by atoms with van der Waals surface area (Å²) in [6.07, 6.45) is 0. The molecule has 0 aliphatic carbocycles. The van der Waals surface area contributed by atoms with Crippen molar-refractivity contribution in [1.82, 2.24) is 0 Å². The first-order valence-corrected chi connectivity index (χ1v) is 9.73. The first-order chi connectivity index (χ1) is 13.0. The van der Waals surface area contributed by atoms with Gasteiger partial charge in [0, 0.05) is 16.1 Å². The number of benzene rings is 2. The highest BCUT2D eigenvalue weighted by Gasteiger charge is 2.19. The first-order valence-electron chi connectivity index (χ1n) is 8.85. The fourth-order valence-corrected chi connectivity index (χ4v) is 3.26. The van der Waals surface area contributed by atoms with Crippen molar-refractivity contribution < 1.29 is 13.9 Å². The highest BCUT2D eigenvalue weighted by Crippen LogP contribution is 2.23. The number of nitrogens with zero attached hydrogens (tertiary/aromatic N) is 1. The van der Waals surface area contributed by atoms with E-state index in [0.717, 1.165) is 10.6 Å². The highest BCUT2D eigenvalue weighted by molar-refractivity contribution is 7.09. The minimum atomic E-state index is -0.325. The third-order valence-electron chi connectivity index (χ3n) is 3.96. The number of rotatable bonds is 7. The van der Waals surface area contributed by atoms with Crippen molar-refractivity contribution in [2.75, 3.05) is 11.5 Å². The van der Waals surface area contributed by atoms with Crippen molar-refractivity contribution in [2.24, 2.45) is 5.92 Å². The molecule has 140 valence electrons. The lowest BCUT2D eigenvalue weighted by molar-refractivity contribution is 0.0985. The van der Waals surface area contributed by atoms with Crippen LogP contribution in [0.15, 0.2) is 66.0 Å². The van der Waals surface area contributed by atoms with Crippen LogP contribution in [0.5, 0.6) is 5.75 Å². The van der Waals surface area contributed by atoms with Gasteiger partial charge >= 0.3 is 0 Å². The van der Waals surface area contributed by atoms with E-state index in [1.54, 1.807) is 40.5 Å². The number of halogens is 1. The van der Waals surface area contributed by atoms with Crippen LogP contribution in [-0.2, 0) is 6.54 Å².